The Hall–Kier alpha value is -2.55. The first-order valence-corrected chi connectivity index (χ1v) is 5.92. The van der Waals surface area contributed by atoms with Crippen LogP contribution in [0.3, 0.4) is 0 Å². The van der Waals surface area contributed by atoms with Gasteiger partial charge in [0.25, 0.3) is 0 Å². The summed E-state index contributed by atoms with van der Waals surface area (Å²) >= 11 is 0. The summed E-state index contributed by atoms with van der Waals surface area (Å²) in [5.74, 6) is -1.13. The molecule has 2 rings (SSSR count). The third kappa shape index (κ3) is 4.00. The summed E-state index contributed by atoms with van der Waals surface area (Å²) in [7, 11) is 0. The molecule has 2 aromatic carbocycles. The van der Waals surface area contributed by atoms with Crippen molar-refractivity contribution in [2.24, 2.45) is 0 Å². The summed E-state index contributed by atoms with van der Waals surface area (Å²) in [6, 6.07) is 18.7. The smallest absolute Gasteiger partial charge is 0.371 e. The number of rotatable bonds is 5. The van der Waals surface area contributed by atoms with Crippen LogP contribution in [0.25, 0.3) is 6.08 Å². The molecule has 19 heavy (non-hydrogen) atoms. The molecule has 0 fully saturated rings. The van der Waals surface area contributed by atoms with E-state index in [2.05, 4.69) is 0 Å². The SMILES string of the molecule is O=C(O)C(=Cc1ccccc1)OCc1ccccc1. The minimum absolute atomic E-state index is 0.0601. The minimum atomic E-state index is -1.07. The van der Waals surface area contributed by atoms with Gasteiger partial charge in [0.1, 0.15) is 6.61 Å². The van der Waals surface area contributed by atoms with Gasteiger partial charge in [0.05, 0.1) is 0 Å². The van der Waals surface area contributed by atoms with E-state index in [9.17, 15) is 4.79 Å². The van der Waals surface area contributed by atoms with Crippen LogP contribution in [0.1, 0.15) is 11.1 Å². The molecule has 3 nitrogen and oxygen atoms in total. The minimum Gasteiger partial charge on any atom is -0.482 e. The molecule has 0 radical (unpaired) electrons. The largest absolute Gasteiger partial charge is 0.482 e. The Kier molecular flexibility index (Phi) is 4.34. The molecule has 0 atom stereocenters. The second kappa shape index (κ2) is 6.40. The lowest BCUT2D eigenvalue weighted by atomic mass is 10.2. The fourth-order valence-electron chi connectivity index (χ4n) is 1.60. The van der Waals surface area contributed by atoms with Crippen LogP contribution < -0.4 is 0 Å². The van der Waals surface area contributed by atoms with Gasteiger partial charge >= 0.3 is 5.97 Å². The highest BCUT2D eigenvalue weighted by Gasteiger charge is 2.08. The van der Waals surface area contributed by atoms with E-state index >= 15 is 0 Å². The predicted molar refractivity (Wildman–Crippen MR) is 73.3 cm³/mol. The summed E-state index contributed by atoms with van der Waals surface area (Å²) in [6.45, 7) is 0.242. The molecule has 0 saturated heterocycles. The van der Waals surface area contributed by atoms with Crippen molar-refractivity contribution in [2.45, 2.75) is 6.61 Å². The fourth-order valence-corrected chi connectivity index (χ4v) is 1.60. The van der Waals surface area contributed by atoms with E-state index in [-0.39, 0.29) is 12.4 Å². The Morgan fingerprint density at radius 2 is 1.58 bits per heavy atom. The van der Waals surface area contributed by atoms with Crippen molar-refractivity contribution in [1.82, 2.24) is 0 Å². The topological polar surface area (TPSA) is 46.5 Å². The highest BCUT2D eigenvalue weighted by molar-refractivity contribution is 5.89. The molecule has 1 N–H and O–H groups in total. The van der Waals surface area contributed by atoms with Gasteiger partial charge in [-0.15, -0.1) is 0 Å². The molecule has 96 valence electrons. The zero-order valence-electron chi connectivity index (χ0n) is 10.3. The van der Waals surface area contributed by atoms with Crippen molar-refractivity contribution < 1.29 is 14.6 Å². The van der Waals surface area contributed by atoms with E-state index in [0.29, 0.717) is 0 Å². The Bertz CT molecular complexity index is 559. The van der Waals surface area contributed by atoms with Gasteiger partial charge in [-0.25, -0.2) is 4.79 Å². The highest BCUT2D eigenvalue weighted by atomic mass is 16.5. The molecule has 0 aromatic heterocycles. The zero-order valence-corrected chi connectivity index (χ0v) is 10.3. The summed E-state index contributed by atoms with van der Waals surface area (Å²) in [5.41, 5.74) is 1.73. The molecular weight excluding hydrogens is 240 g/mol. The van der Waals surface area contributed by atoms with Gasteiger partial charge in [0.15, 0.2) is 0 Å². The van der Waals surface area contributed by atoms with E-state index in [1.807, 2.05) is 60.7 Å². The maximum absolute atomic E-state index is 11.1. The van der Waals surface area contributed by atoms with Crippen molar-refractivity contribution in [3.05, 3.63) is 77.5 Å². The number of hydrogen-bond acceptors (Lipinski definition) is 2. The second-order valence-corrected chi connectivity index (χ2v) is 4.00. The van der Waals surface area contributed by atoms with Gasteiger partial charge in [0, 0.05) is 0 Å². The van der Waals surface area contributed by atoms with Crippen LogP contribution in [0.5, 0.6) is 0 Å². The molecule has 0 amide bonds. The van der Waals surface area contributed by atoms with Crippen molar-refractivity contribution in [3.63, 3.8) is 0 Å². The van der Waals surface area contributed by atoms with Crippen molar-refractivity contribution in [1.29, 1.82) is 0 Å². The molecule has 0 aliphatic carbocycles. The number of carboxylic acid groups (broad SMARTS) is 1. The molecule has 2 aromatic rings. The first-order chi connectivity index (χ1) is 9.25. The van der Waals surface area contributed by atoms with Gasteiger partial charge < -0.3 is 9.84 Å². The predicted octanol–water partition coefficient (Wildman–Crippen LogP) is 3.33. The summed E-state index contributed by atoms with van der Waals surface area (Å²) in [6.07, 6.45) is 1.52. The fraction of sp³-hybridized carbons (Fsp3) is 0.0625. The van der Waals surface area contributed by atoms with Gasteiger partial charge in [-0.1, -0.05) is 60.7 Å². The molecule has 0 bridgehead atoms. The monoisotopic (exact) mass is 254 g/mol. The summed E-state index contributed by atoms with van der Waals surface area (Å²) in [5, 5.41) is 9.12. The van der Waals surface area contributed by atoms with Crippen molar-refractivity contribution >= 4 is 12.0 Å². The summed E-state index contributed by atoms with van der Waals surface area (Å²) < 4.78 is 5.36. The van der Waals surface area contributed by atoms with Crippen LogP contribution in [0.15, 0.2) is 66.4 Å². The Balaban J connectivity index is 2.09. The molecule has 0 unspecified atom stereocenters. The van der Waals surface area contributed by atoms with Crippen LogP contribution in [-0.4, -0.2) is 11.1 Å². The van der Waals surface area contributed by atoms with Crippen LogP contribution >= 0.6 is 0 Å². The van der Waals surface area contributed by atoms with E-state index < -0.39 is 5.97 Å². The first kappa shape index (κ1) is 12.9. The van der Waals surface area contributed by atoms with Crippen molar-refractivity contribution in [3.8, 4) is 0 Å². The molecule has 0 spiro atoms. The van der Waals surface area contributed by atoms with E-state index in [4.69, 9.17) is 9.84 Å². The molecule has 0 saturated carbocycles. The number of carbonyl (C=O) groups is 1. The average molecular weight is 254 g/mol. The van der Waals surface area contributed by atoms with Crippen LogP contribution in [-0.2, 0) is 16.1 Å². The van der Waals surface area contributed by atoms with Crippen LogP contribution in [0, 0.1) is 0 Å². The first-order valence-electron chi connectivity index (χ1n) is 5.92. The maximum Gasteiger partial charge on any atom is 0.371 e. The lowest BCUT2D eigenvalue weighted by molar-refractivity contribution is -0.136. The quantitative estimate of drug-likeness (QED) is 0.657. The van der Waals surface area contributed by atoms with Crippen LogP contribution in [0.2, 0.25) is 0 Å². The number of ether oxygens (including phenoxy) is 1. The lowest BCUT2D eigenvalue weighted by Crippen LogP contribution is -2.05. The normalized spacial score (nSPS) is 11.1. The molecular formula is C16H14O3. The molecule has 3 heteroatoms. The number of carboxylic acids is 1. The standard InChI is InChI=1S/C16H14O3/c17-16(18)15(11-13-7-3-1-4-8-13)19-12-14-9-5-2-6-10-14/h1-11H,12H2,(H,17,18). The molecule has 0 heterocycles. The Morgan fingerprint density at radius 3 is 2.16 bits per heavy atom. The third-order valence-corrected chi connectivity index (χ3v) is 2.55. The van der Waals surface area contributed by atoms with E-state index in [0.717, 1.165) is 11.1 Å². The van der Waals surface area contributed by atoms with Gasteiger partial charge in [-0.05, 0) is 17.2 Å². The van der Waals surface area contributed by atoms with Gasteiger partial charge in [0.2, 0.25) is 5.76 Å². The number of hydrogen-bond donors (Lipinski definition) is 1. The average Bonchev–Trinajstić information content (AvgIpc) is 2.45. The Labute approximate surface area is 111 Å². The molecule has 0 aliphatic heterocycles. The zero-order chi connectivity index (χ0) is 13.5. The van der Waals surface area contributed by atoms with Crippen molar-refractivity contribution in [2.75, 3.05) is 0 Å². The third-order valence-electron chi connectivity index (χ3n) is 2.55. The number of benzene rings is 2. The number of aliphatic carboxylic acids is 1. The van der Waals surface area contributed by atoms with E-state index in [1.165, 1.54) is 6.08 Å². The Morgan fingerprint density at radius 1 is 1.00 bits per heavy atom. The summed E-state index contributed by atoms with van der Waals surface area (Å²) in [4.78, 5) is 11.1. The van der Waals surface area contributed by atoms with Gasteiger partial charge in [-0.3, -0.25) is 0 Å². The maximum atomic E-state index is 11.1. The second-order valence-electron chi connectivity index (χ2n) is 4.00. The van der Waals surface area contributed by atoms with Crippen LogP contribution in [0.4, 0.5) is 0 Å². The molecule has 0 aliphatic rings. The van der Waals surface area contributed by atoms with E-state index in [1.54, 1.807) is 0 Å². The van der Waals surface area contributed by atoms with Gasteiger partial charge in [-0.2, -0.15) is 0 Å². The highest BCUT2D eigenvalue weighted by Crippen LogP contribution is 2.11. The lowest BCUT2D eigenvalue weighted by Gasteiger charge is -2.06.